The van der Waals surface area contributed by atoms with E-state index in [2.05, 4.69) is 4.98 Å². The van der Waals surface area contributed by atoms with E-state index in [0.717, 1.165) is 25.3 Å². The summed E-state index contributed by atoms with van der Waals surface area (Å²) in [6.07, 6.45) is -0.219. The van der Waals surface area contributed by atoms with Crippen molar-refractivity contribution in [2.45, 2.75) is 31.7 Å². The van der Waals surface area contributed by atoms with Crippen LogP contribution in [-0.2, 0) is 4.79 Å². The molecule has 0 radical (unpaired) electrons. The largest absolute Gasteiger partial charge is 0.480 e. The predicted octanol–water partition coefficient (Wildman–Crippen LogP) is 2.10. The molecule has 3 rings (SSSR count). The maximum Gasteiger partial charge on any atom is 0.327 e. The molecule has 112 valence electrons. The lowest BCUT2D eigenvalue weighted by molar-refractivity contribution is -0.169. The van der Waals surface area contributed by atoms with Crippen LogP contribution in [0.4, 0.5) is 8.78 Å². The Morgan fingerprint density at radius 3 is 2.62 bits per heavy atom. The molecule has 1 spiro atoms. The van der Waals surface area contributed by atoms with E-state index in [1.807, 2.05) is 0 Å². The number of rotatable bonds is 3. The summed E-state index contributed by atoms with van der Waals surface area (Å²) in [5, 5.41) is 9.31. The van der Waals surface area contributed by atoms with Crippen molar-refractivity contribution in [3.8, 4) is 0 Å². The fraction of sp³-hybridized carbons (Fsp3) is 0.500. The Bertz CT molecular complexity index is 602. The van der Waals surface area contributed by atoms with Gasteiger partial charge in [-0.05, 0) is 25.0 Å². The molecule has 2 heterocycles. The molecular formula is C14H14F2N2O3. The van der Waals surface area contributed by atoms with Gasteiger partial charge in [-0.25, -0.2) is 18.6 Å². The molecule has 1 N–H and O–H groups in total. The van der Waals surface area contributed by atoms with Crippen LogP contribution in [-0.4, -0.2) is 39.5 Å². The third-order valence-electron chi connectivity index (χ3n) is 4.43. The van der Waals surface area contributed by atoms with Crippen molar-refractivity contribution in [3.05, 3.63) is 29.6 Å². The van der Waals surface area contributed by atoms with Crippen molar-refractivity contribution < 1.29 is 23.5 Å². The molecule has 1 unspecified atom stereocenters. The summed E-state index contributed by atoms with van der Waals surface area (Å²) in [4.78, 5) is 28.5. The number of amides is 1. The molecule has 1 atom stereocenters. The van der Waals surface area contributed by atoms with Gasteiger partial charge >= 0.3 is 5.97 Å². The lowest BCUT2D eigenvalue weighted by Crippen LogP contribution is -2.71. The van der Waals surface area contributed by atoms with Crippen molar-refractivity contribution in [1.29, 1.82) is 0 Å². The summed E-state index contributed by atoms with van der Waals surface area (Å²) in [6.45, 7) is 0.364. The number of carboxylic acids is 1. The zero-order valence-corrected chi connectivity index (χ0v) is 11.1. The van der Waals surface area contributed by atoms with Crippen molar-refractivity contribution in [1.82, 2.24) is 9.88 Å². The minimum Gasteiger partial charge on any atom is -0.480 e. The van der Waals surface area contributed by atoms with Crippen molar-refractivity contribution in [2.24, 2.45) is 5.41 Å². The van der Waals surface area contributed by atoms with Crippen LogP contribution in [0.2, 0.25) is 0 Å². The Balaban J connectivity index is 1.82. The summed E-state index contributed by atoms with van der Waals surface area (Å²) in [6, 6.07) is 2.94. The first-order valence-corrected chi connectivity index (χ1v) is 6.73. The number of likely N-dealkylation sites (tertiary alicyclic amines) is 1. The number of hydrogen-bond donors (Lipinski definition) is 1. The Hall–Kier alpha value is -2.05. The van der Waals surface area contributed by atoms with Crippen LogP contribution in [0.15, 0.2) is 18.2 Å². The zero-order valence-electron chi connectivity index (χ0n) is 11.1. The number of aliphatic carboxylic acids is 1. The normalized spacial score (nSPS) is 22.8. The molecule has 21 heavy (non-hydrogen) atoms. The molecule has 2 fully saturated rings. The molecule has 1 saturated heterocycles. The minimum absolute atomic E-state index is 0.131. The Morgan fingerprint density at radius 1 is 1.38 bits per heavy atom. The van der Waals surface area contributed by atoms with Crippen LogP contribution < -0.4 is 0 Å². The smallest absolute Gasteiger partial charge is 0.327 e. The average molecular weight is 296 g/mol. The van der Waals surface area contributed by atoms with Gasteiger partial charge in [0.1, 0.15) is 17.4 Å². The van der Waals surface area contributed by atoms with Gasteiger partial charge in [-0.2, -0.15) is 0 Å². The maximum atomic E-state index is 12.6. The maximum absolute atomic E-state index is 12.6. The summed E-state index contributed by atoms with van der Waals surface area (Å²) in [7, 11) is 0. The number of aromatic nitrogens is 1. The number of pyridine rings is 1. The van der Waals surface area contributed by atoms with Gasteiger partial charge in [0.05, 0.1) is 0 Å². The zero-order chi connectivity index (χ0) is 15.2. The summed E-state index contributed by atoms with van der Waals surface area (Å²) < 4.78 is 25.2. The molecule has 1 amide bonds. The van der Waals surface area contributed by atoms with E-state index in [0.29, 0.717) is 6.54 Å². The van der Waals surface area contributed by atoms with E-state index >= 15 is 0 Å². The van der Waals surface area contributed by atoms with Gasteiger partial charge in [-0.15, -0.1) is 0 Å². The molecular weight excluding hydrogens is 282 g/mol. The number of carbonyl (C=O) groups is 2. The number of nitrogens with zero attached hydrogens (tertiary/aromatic N) is 2. The van der Waals surface area contributed by atoms with Gasteiger partial charge in [0.2, 0.25) is 0 Å². The van der Waals surface area contributed by atoms with Crippen LogP contribution in [0, 0.1) is 5.41 Å². The Labute approximate surface area is 119 Å². The molecule has 1 aliphatic heterocycles. The van der Waals surface area contributed by atoms with E-state index in [1.54, 1.807) is 0 Å². The summed E-state index contributed by atoms with van der Waals surface area (Å²) >= 11 is 0. The van der Waals surface area contributed by atoms with Gasteiger partial charge in [-0.3, -0.25) is 4.79 Å². The second-order valence-corrected chi connectivity index (χ2v) is 5.64. The molecule has 1 saturated carbocycles. The lowest BCUT2D eigenvalue weighted by Gasteiger charge is -2.60. The fourth-order valence-corrected chi connectivity index (χ4v) is 3.22. The SMILES string of the molecule is O=C(O)C1N(C(=O)c2cccc(C(F)F)n2)CC12CCC2. The fourth-order valence-electron chi connectivity index (χ4n) is 3.22. The third kappa shape index (κ3) is 2.07. The Kier molecular flexibility index (Phi) is 3.15. The molecule has 0 bridgehead atoms. The van der Waals surface area contributed by atoms with E-state index in [4.69, 9.17) is 0 Å². The molecule has 2 aliphatic rings. The average Bonchev–Trinajstić information content (AvgIpc) is 2.35. The van der Waals surface area contributed by atoms with E-state index in [1.165, 1.54) is 17.0 Å². The van der Waals surface area contributed by atoms with E-state index in [9.17, 15) is 23.5 Å². The highest BCUT2D eigenvalue weighted by molar-refractivity contribution is 5.96. The van der Waals surface area contributed by atoms with Gasteiger partial charge < -0.3 is 10.0 Å². The standard InChI is InChI=1S/C14H14F2N2O3/c15-11(16)8-3-1-4-9(17-8)12(19)18-7-14(5-2-6-14)10(18)13(20)21/h1,3-4,10-11H,2,5-7H2,(H,20,21). The van der Waals surface area contributed by atoms with Crippen LogP contribution >= 0.6 is 0 Å². The van der Waals surface area contributed by atoms with E-state index < -0.39 is 30.0 Å². The lowest BCUT2D eigenvalue weighted by atomic mass is 9.58. The van der Waals surface area contributed by atoms with Gasteiger partial charge in [0, 0.05) is 12.0 Å². The quantitative estimate of drug-likeness (QED) is 0.927. The summed E-state index contributed by atoms with van der Waals surface area (Å²) in [5.74, 6) is -1.64. The molecule has 0 aromatic carbocycles. The predicted molar refractivity (Wildman–Crippen MR) is 67.9 cm³/mol. The highest BCUT2D eigenvalue weighted by Gasteiger charge is 2.61. The molecule has 5 nitrogen and oxygen atoms in total. The van der Waals surface area contributed by atoms with Gasteiger partial charge in [-0.1, -0.05) is 12.5 Å². The number of halogens is 2. The number of carboxylic acid groups (broad SMARTS) is 1. The monoisotopic (exact) mass is 296 g/mol. The van der Waals surface area contributed by atoms with Crippen LogP contribution in [0.3, 0.4) is 0 Å². The van der Waals surface area contributed by atoms with Crippen molar-refractivity contribution in [3.63, 3.8) is 0 Å². The second-order valence-electron chi connectivity index (χ2n) is 5.64. The van der Waals surface area contributed by atoms with Crippen LogP contribution in [0.1, 0.15) is 41.9 Å². The topological polar surface area (TPSA) is 70.5 Å². The number of hydrogen-bond acceptors (Lipinski definition) is 3. The molecule has 7 heteroatoms. The third-order valence-corrected chi connectivity index (χ3v) is 4.43. The second kappa shape index (κ2) is 4.75. The molecule has 1 aromatic rings. The van der Waals surface area contributed by atoms with Gasteiger partial charge in [0.25, 0.3) is 12.3 Å². The highest BCUT2D eigenvalue weighted by atomic mass is 19.3. The Morgan fingerprint density at radius 2 is 2.10 bits per heavy atom. The van der Waals surface area contributed by atoms with E-state index in [-0.39, 0.29) is 11.1 Å². The van der Waals surface area contributed by atoms with Crippen LogP contribution in [0.5, 0.6) is 0 Å². The summed E-state index contributed by atoms with van der Waals surface area (Å²) in [5.41, 5.74) is -0.929. The first-order chi connectivity index (χ1) is 9.94. The highest BCUT2D eigenvalue weighted by Crippen LogP contribution is 2.53. The van der Waals surface area contributed by atoms with Crippen molar-refractivity contribution >= 4 is 11.9 Å². The molecule has 1 aromatic heterocycles. The number of carbonyl (C=O) groups excluding carboxylic acids is 1. The van der Waals surface area contributed by atoms with Crippen LogP contribution in [0.25, 0.3) is 0 Å². The first kappa shape index (κ1) is 13.9. The number of alkyl halides is 2. The first-order valence-electron chi connectivity index (χ1n) is 6.73. The minimum atomic E-state index is -2.76. The van der Waals surface area contributed by atoms with Gasteiger partial charge in [0.15, 0.2) is 0 Å². The molecule has 1 aliphatic carbocycles. The van der Waals surface area contributed by atoms with Crippen molar-refractivity contribution in [2.75, 3.05) is 6.54 Å².